The SMILES string of the molecule is Cc1cc(NC(=O)[C@@H]2CC(=O)N(C3CCCC3)C2)ccc1Br. The Morgan fingerprint density at radius 1 is 1.32 bits per heavy atom. The standard InChI is InChI=1S/C17H21BrN2O2/c1-11-8-13(6-7-15(11)18)19-17(22)12-9-16(21)20(10-12)14-4-2-3-5-14/h6-8,12,14H,2-5,9-10H2,1H3,(H,19,22)/t12-/m1/s1. The van der Waals surface area contributed by atoms with Crippen LogP contribution in [0.25, 0.3) is 0 Å². The zero-order valence-electron chi connectivity index (χ0n) is 12.8. The van der Waals surface area contributed by atoms with Crippen molar-refractivity contribution in [3.8, 4) is 0 Å². The Balaban J connectivity index is 1.63. The van der Waals surface area contributed by atoms with Crippen LogP contribution in [0.3, 0.4) is 0 Å². The third kappa shape index (κ3) is 3.19. The lowest BCUT2D eigenvalue weighted by atomic mass is 10.1. The lowest BCUT2D eigenvalue weighted by molar-refractivity contribution is -0.129. The highest BCUT2D eigenvalue weighted by Crippen LogP contribution is 2.30. The summed E-state index contributed by atoms with van der Waals surface area (Å²) in [6, 6.07) is 6.10. The highest BCUT2D eigenvalue weighted by Gasteiger charge is 2.38. The molecule has 2 fully saturated rings. The van der Waals surface area contributed by atoms with E-state index in [9.17, 15) is 9.59 Å². The maximum absolute atomic E-state index is 12.4. The van der Waals surface area contributed by atoms with Crippen molar-refractivity contribution < 1.29 is 9.59 Å². The summed E-state index contributed by atoms with van der Waals surface area (Å²) in [4.78, 5) is 26.5. The molecule has 1 atom stereocenters. The highest BCUT2D eigenvalue weighted by molar-refractivity contribution is 9.10. The second kappa shape index (κ2) is 6.41. The van der Waals surface area contributed by atoms with Gasteiger partial charge < -0.3 is 10.2 Å². The molecule has 22 heavy (non-hydrogen) atoms. The van der Waals surface area contributed by atoms with Crippen molar-refractivity contribution in [3.63, 3.8) is 0 Å². The van der Waals surface area contributed by atoms with Crippen LogP contribution in [0.15, 0.2) is 22.7 Å². The molecular formula is C17H21BrN2O2. The number of hydrogen-bond acceptors (Lipinski definition) is 2. The number of halogens is 1. The first-order valence-electron chi connectivity index (χ1n) is 7.91. The van der Waals surface area contributed by atoms with Crippen LogP contribution in [0, 0.1) is 12.8 Å². The Kier molecular flexibility index (Phi) is 4.52. The quantitative estimate of drug-likeness (QED) is 0.892. The highest BCUT2D eigenvalue weighted by atomic mass is 79.9. The normalized spacial score (nSPS) is 22.4. The fraction of sp³-hybridized carbons (Fsp3) is 0.529. The molecule has 1 aromatic rings. The molecule has 0 aromatic heterocycles. The third-order valence-electron chi connectivity index (χ3n) is 4.72. The van der Waals surface area contributed by atoms with E-state index < -0.39 is 0 Å². The third-order valence-corrected chi connectivity index (χ3v) is 5.61. The van der Waals surface area contributed by atoms with Crippen LogP contribution in [0.4, 0.5) is 5.69 Å². The van der Waals surface area contributed by atoms with Crippen molar-refractivity contribution in [2.75, 3.05) is 11.9 Å². The largest absolute Gasteiger partial charge is 0.339 e. The molecule has 1 heterocycles. The monoisotopic (exact) mass is 364 g/mol. The zero-order chi connectivity index (χ0) is 15.7. The number of rotatable bonds is 3. The molecule has 1 aliphatic carbocycles. The van der Waals surface area contributed by atoms with Crippen molar-refractivity contribution in [2.45, 2.75) is 45.1 Å². The Bertz CT molecular complexity index is 596. The molecule has 0 unspecified atom stereocenters. The number of aryl methyl sites for hydroxylation is 1. The summed E-state index contributed by atoms with van der Waals surface area (Å²) < 4.78 is 1.02. The Morgan fingerprint density at radius 2 is 2.05 bits per heavy atom. The van der Waals surface area contributed by atoms with E-state index >= 15 is 0 Å². The number of nitrogens with one attached hydrogen (secondary N) is 1. The van der Waals surface area contributed by atoms with Crippen LogP contribution in [0.2, 0.25) is 0 Å². The van der Waals surface area contributed by atoms with Crippen LogP contribution in [0.1, 0.15) is 37.7 Å². The summed E-state index contributed by atoms with van der Waals surface area (Å²) in [5.74, 6) is -0.133. The van der Waals surface area contributed by atoms with Gasteiger partial charge in [-0.3, -0.25) is 9.59 Å². The fourth-order valence-corrected chi connectivity index (χ4v) is 3.69. The molecule has 1 saturated heterocycles. The Morgan fingerprint density at radius 3 is 2.73 bits per heavy atom. The van der Waals surface area contributed by atoms with Gasteiger partial charge in [0.25, 0.3) is 0 Å². The van der Waals surface area contributed by atoms with Crippen LogP contribution in [-0.4, -0.2) is 29.3 Å². The minimum absolute atomic E-state index is 0.0458. The van der Waals surface area contributed by atoms with Gasteiger partial charge in [-0.05, 0) is 43.5 Å². The van der Waals surface area contributed by atoms with Gasteiger partial charge in [0.05, 0.1) is 5.92 Å². The molecule has 0 spiro atoms. The average Bonchev–Trinajstić information content (AvgIpc) is 3.12. The predicted octanol–water partition coefficient (Wildman–Crippen LogP) is 3.49. The fourth-order valence-electron chi connectivity index (χ4n) is 3.44. The number of carbonyl (C=O) groups excluding carboxylic acids is 2. The molecule has 5 heteroatoms. The minimum atomic E-state index is -0.225. The van der Waals surface area contributed by atoms with Gasteiger partial charge in [-0.1, -0.05) is 28.8 Å². The molecule has 1 aliphatic heterocycles. The first-order chi connectivity index (χ1) is 10.5. The number of nitrogens with zero attached hydrogens (tertiary/aromatic N) is 1. The van der Waals surface area contributed by atoms with E-state index in [0.29, 0.717) is 19.0 Å². The summed E-state index contributed by atoms with van der Waals surface area (Å²) in [5.41, 5.74) is 1.87. The lowest BCUT2D eigenvalue weighted by Gasteiger charge is -2.23. The van der Waals surface area contributed by atoms with E-state index in [4.69, 9.17) is 0 Å². The average molecular weight is 365 g/mol. The number of likely N-dealkylation sites (tertiary alicyclic amines) is 1. The second-order valence-corrected chi connectivity index (χ2v) is 7.19. The molecule has 118 valence electrons. The van der Waals surface area contributed by atoms with Gasteiger partial charge in [-0.25, -0.2) is 0 Å². The van der Waals surface area contributed by atoms with E-state index in [1.54, 1.807) is 0 Å². The smallest absolute Gasteiger partial charge is 0.229 e. The van der Waals surface area contributed by atoms with Gasteiger partial charge in [0.2, 0.25) is 11.8 Å². The summed E-state index contributed by atoms with van der Waals surface area (Å²) in [6.45, 7) is 2.56. The number of carbonyl (C=O) groups is 2. The summed E-state index contributed by atoms with van der Waals surface area (Å²) >= 11 is 3.45. The van der Waals surface area contributed by atoms with Gasteiger partial charge in [0.1, 0.15) is 0 Å². The van der Waals surface area contributed by atoms with Gasteiger partial charge in [0.15, 0.2) is 0 Å². The van der Waals surface area contributed by atoms with Crippen LogP contribution in [0.5, 0.6) is 0 Å². The van der Waals surface area contributed by atoms with E-state index in [1.165, 1.54) is 12.8 Å². The Labute approximate surface area is 139 Å². The molecule has 4 nitrogen and oxygen atoms in total. The predicted molar refractivity (Wildman–Crippen MR) is 89.6 cm³/mol. The maximum atomic E-state index is 12.4. The summed E-state index contributed by atoms with van der Waals surface area (Å²) in [5, 5.41) is 2.94. The molecule has 1 aromatic carbocycles. The van der Waals surface area contributed by atoms with Crippen molar-refractivity contribution in [1.82, 2.24) is 4.90 Å². The maximum Gasteiger partial charge on any atom is 0.229 e. The van der Waals surface area contributed by atoms with Crippen LogP contribution >= 0.6 is 15.9 Å². The zero-order valence-corrected chi connectivity index (χ0v) is 14.4. The second-order valence-electron chi connectivity index (χ2n) is 6.34. The van der Waals surface area contributed by atoms with E-state index in [-0.39, 0.29) is 17.7 Å². The number of amides is 2. The number of hydrogen-bond donors (Lipinski definition) is 1. The molecule has 1 N–H and O–H groups in total. The van der Waals surface area contributed by atoms with Crippen LogP contribution < -0.4 is 5.32 Å². The minimum Gasteiger partial charge on any atom is -0.339 e. The molecule has 0 radical (unpaired) electrons. The van der Waals surface area contributed by atoms with E-state index in [0.717, 1.165) is 28.6 Å². The molecule has 2 amide bonds. The summed E-state index contributed by atoms with van der Waals surface area (Å²) in [6.07, 6.45) is 4.92. The van der Waals surface area contributed by atoms with Gasteiger partial charge in [-0.15, -0.1) is 0 Å². The van der Waals surface area contributed by atoms with Crippen LogP contribution in [-0.2, 0) is 9.59 Å². The number of benzene rings is 1. The molecule has 1 saturated carbocycles. The van der Waals surface area contributed by atoms with Gasteiger partial charge >= 0.3 is 0 Å². The summed E-state index contributed by atoms with van der Waals surface area (Å²) in [7, 11) is 0. The lowest BCUT2D eigenvalue weighted by Crippen LogP contribution is -2.35. The van der Waals surface area contributed by atoms with Gasteiger partial charge in [-0.2, -0.15) is 0 Å². The molecule has 0 bridgehead atoms. The van der Waals surface area contributed by atoms with Crippen molar-refractivity contribution >= 4 is 33.4 Å². The van der Waals surface area contributed by atoms with Gasteiger partial charge in [0, 0.05) is 29.2 Å². The van der Waals surface area contributed by atoms with Crippen molar-refractivity contribution in [3.05, 3.63) is 28.2 Å². The number of anilines is 1. The molecule has 2 aliphatic rings. The van der Waals surface area contributed by atoms with E-state index in [2.05, 4.69) is 21.2 Å². The Hall–Kier alpha value is -1.36. The first kappa shape index (κ1) is 15.5. The topological polar surface area (TPSA) is 49.4 Å². The first-order valence-corrected chi connectivity index (χ1v) is 8.70. The van der Waals surface area contributed by atoms with E-state index in [1.807, 2.05) is 30.0 Å². The molecule has 3 rings (SSSR count). The van der Waals surface area contributed by atoms with Crippen molar-refractivity contribution in [2.24, 2.45) is 5.92 Å². The molecular weight excluding hydrogens is 344 g/mol. The van der Waals surface area contributed by atoms with Crippen molar-refractivity contribution in [1.29, 1.82) is 0 Å².